The van der Waals surface area contributed by atoms with E-state index in [1.807, 2.05) is 0 Å². The van der Waals surface area contributed by atoms with Gasteiger partial charge in [-0.3, -0.25) is 19.7 Å². The zero-order chi connectivity index (χ0) is 19.9. The minimum atomic E-state index is -0.541. The number of anilines is 1. The van der Waals surface area contributed by atoms with Crippen molar-refractivity contribution < 1.29 is 14.5 Å². The number of hydrogen-bond donors (Lipinski definition) is 2. The van der Waals surface area contributed by atoms with Crippen LogP contribution in [-0.2, 0) is 4.79 Å². The van der Waals surface area contributed by atoms with Gasteiger partial charge in [0.05, 0.1) is 10.6 Å². The van der Waals surface area contributed by atoms with Crippen LogP contribution in [-0.4, -0.2) is 43.5 Å². The highest BCUT2D eigenvalue weighted by Gasteiger charge is 2.10. The highest BCUT2D eigenvalue weighted by Crippen LogP contribution is 2.14. The molecular formula is C17H15N7O4. The van der Waals surface area contributed by atoms with Gasteiger partial charge < -0.3 is 10.6 Å². The molecule has 0 aliphatic rings. The van der Waals surface area contributed by atoms with E-state index in [4.69, 9.17) is 0 Å². The van der Waals surface area contributed by atoms with Crippen LogP contribution >= 0.6 is 0 Å². The minimum absolute atomic E-state index is 0.0633. The smallest absolute Gasteiger partial charge is 0.269 e. The summed E-state index contributed by atoms with van der Waals surface area (Å²) in [6.07, 6.45) is 1.50. The lowest BCUT2D eigenvalue weighted by Crippen LogP contribution is -2.27. The SMILES string of the molecule is O=C(CCNC(=O)c1ccc([N+](=O)[O-])cc1)Nc1cccc(-n2cnnn2)c1. The van der Waals surface area contributed by atoms with Crippen molar-refractivity contribution in [1.29, 1.82) is 0 Å². The molecule has 3 aromatic rings. The van der Waals surface area contributed by atoms with Crippen molar-refractivity contribution in [3.8, 4) is 5.69 Å². The van der Waals surface area contributed by atoms with E-state index in [1.165, 1.54) is 35.3 Å². The minimum Gasteiger partial charge on any atom is -0.352 e. The fraction of sp³-hybridized carbons (Fsp3) is 0.118. The van der Waals surface area contributed by atoms with Gasteiger partial charge in [0, 0.05) is 36.3 Å². The second kappa shape index (κ2) is 8.49. The van der Waals surface area contributed by atoms with Crippen LogP contribution in [0, 0.1) is 10.1 Å². The average Bonchev–Trinajstić information content (AvgIpc) is 3.23. The van der Waals surface area contributed by atoms with Crippen molar-refractivity contribution in [3.63, 3.8) is 0 Å². The number of nitrogens with one attached hydrogen (secondary N) is 2. The van der Waals surface area contributed by atoms with Crippen LogP contribution in [0.25, 0.3) is 5.69 Å². The number of nitrogens with zero attached hydrogens (tertiary/aromatic N) is 5. The molecule has 0 aliphatic carbocycles. The van der Waals surface area contributed by atoms with Crippen LogP contribution in [0.1, 0.15) is 16.8 Å². The molecule has 142 valence electrons. The van der Waals surface area contributed by atoms with Gasteiger partial charge in [-0.1, -0.05) is 6.07 Å². The van der Waals surface area contributed by atoms with Crippen molar-refractivity contribution >= 4 is 23.2 Å². The Bertz CT molecular complexity index is 987. The number of hydrogen-bond acceptors (Lipinski definition) is 7. The number of non-ortho nitro benzene ring substituents is 1. The monoisotopic (exact) mass is 381 g/mol. The molecule has 1 aromatic heterocycles. The van der Waals surface area contributed by atoms with E-state index in [9.17, 15) is 19.7 Å². The van der Waals surface area contributed by atoms with Gasteiger partial charge in [-0.2, -0.15) is 0 Å². The Morgan fingerprint density at radius 1 is 1.14 bits per heavy atom. The number of carbonyl (C=O) groups excluding carboxylic acids is 2. The normalized spacial score (nSPS) is 10.3. The van der Waals surface area contributed by atoms with E-state index in [0.717, 1.165) is 0 Å². The van der Waals surface area contributed by atoms with Crippen molar-refractivity contribution in [1.82, 2.24) is 25.5 Å². The average molecular weight is 381 g/mol. The number of rotatable bonds is 7. The molecule has 1 heterocycles. The summed E-state index contributed by atoms with van der Waals surface area (Å²) in [6, 6.07) is 12.2. The Labute approximate surface area is 158 Å². The van der Waals surface area contributed by atoms with E-state index >= 15 is 0 Å². The number of aromatic nitrogens is 4. The van der Waals surface area contributed by atoms with Crippen LogP contribution in [0.4, 0.5) is 11.4 Å². The lowest BCUT2D eigenvalue weighted by atomic mass is 10.2. The van der Waals surface area contributed by atoms with E-state index in [1.54, 1.807) is 24.3 Å². The van der Waals surface area contributed by atoms with Gasteiger partial charge in [-0.05, 0) is 40.8 Å². The van der Waals surface area contributed by atoms with Gasteiger partial charge in [0.2, 0.25) is 5.91 Å². The molecule has 0 radical (unpaired) electrons. The van der Waals surface area contributed by atoms with Crippen LogP contribution in [0.15, 0.2) is 54.9 Å². The lowest BCUT2D eigenvalue weighted by molar-refractivity contribution is -0.384. The quantitative estimate of drug-likeness (QED) is 0.464. The Hall–Kier alpha value is -4.15. The molecule has 0 unspecified atom stereocenters. The molecule has 28 heavy (non-hydrogen) atoms. The zero-order valence-electron chi connectivity index (χ0n) is 14.5. The molecule has 3 rings (SSSR count). The van der Waals surface area contributed by atoms with Gasteiger partial charge >= 0.3 is 0 Å². The maximum Gasteiger partial charge on any atom is 0.269 e. The Balaban J connectivity index is 1.49. The van der Waals surface area contributed by atoms with Crippen LogP contribution in [0.2, 0.25) is 0 Å². The van der Waals surface area contributed by atoms with Crippen LogP contribution < -0.4 is 10.6 Å². The fourth-order valence-corrected chi connectivity index (χ4v) is 2.36. The Kier molecular flexibility index (Phi) is 5.65. The molecule has 0 atom stereocenters. The molecule has 0 saturated heterocycles. The summed E-state index contributed by atoms with van der Waals surface area (Å²) in [5.41, 5.74) is 1.44. The second-order valence-corrected chi connectivity index (χ2v) is 5.66. The molecule has 11 nitrogen and oxygen atoms in total. The summed E-state index contributed by atoms with van der Waals surface area (Å²) < 4.78 is 1.46. The van der Waals surface area contributed by atoms with Gasteiger partial charge in [-0.15, -0.1) is 5.10 Å². The summed E-state index contributed by atoms with van der Waals surface area (Å²) in [5.74, 6) is -0.693. The molecule has 11 heteroatoms. The first-order chi connectivity index (χ1) is 13.5. The van der Waals surface area contributed by atoms with Crippen LogP contribution in [0.5, 0.6) is 0 Å². The number of nitro groups is 1. The van der Waals surface area contributed by atoms with Crippen molar-refractivity contribution in [2.75, 3.05) is 11.9 Å². The first-order valence-corrected chi connectivity index (χ1v) is 8.19. The maximum absolute atomic E-state index is 12.1. The molecule has 2 N–H and O–H groups in total. The van der Waals surface area contributed by atoms with E-state index in [2.05, 4.69) is 26.2 Å². The number of nitro benzene ring substituents is 1. The largest absolute Gasteiger partial charge is 0.352 e. The first kappa shape index (κ1) is 18.6. The number of carbonyl (C=O) groups is 2. The van der Waals surface area contributed by atoms with E-state index < -0.39 is 10.8 Å². The Morgan fingerprint density at radius 2 is 1.93 bits per heavy atom. The third kappa shape index (κ3) is 4.72. The summed E-state index contributed by atoms with van der Waals surface area (Å²) in [6.45, 7) is 0.119. The summed E-state index contributed by atoms with van der Waals surface area (Å²) in [4.78, 5) is 34.1. The number of tetrazole rings is 1. The third-order valence-electron chi connectivity index (χ3n) is 3.72. The molecule has 2 amide bonds. The molecule has 0 aliphatic heterocycles. The van der Waals surface area contributed by atoms with Gasteiger partial charge in [0.25, 0.3) is 11.6 Å². The highest BCUT2D eigenvalue weighted by atomic mass is 16.6. The fourth-order valence-electron chi connectivity index (χ4n) is 2.36. The van der Waals surface area contributed by atoms with Gasteiger partial charge in [0.15, 0.2) is 0 Å². The van der Waals surface area contributed by atoms with Crippen LogP contribution in [0.3, 0.4) is 0 Å². The predicted molar refractivity (Wildman–Crippen MR) is 97.8 cm³/mol. The molecular weight excluding hydrogens is 366 g/mol. The highest BCUT2D eigenvalue weighted by molar-refractivity contribution is 5.95. The summed E-state index contributed by atoms with van der Waals surface area (Å²) in [7, 11) is 0. The molecule has 0 saturated carbocycles. The molecule has 0 spiro atoms. The standard InChI is InChI=1S/C17H15N7O4/c25-16(20-13-2-1-3-15(10-13)23-11-19-21-22-23)8-9-18-17(26)12-4-6-14(7-5-12)24(27)28/h1-7,10-11H,8-9H2,(H,18,26)(H,20,25). The van der Waals surface area contributed by atoms with E-state index in [-0.39, 0.29) is 30.1 Å². The lowest BCUT2D eigenvalue weighted by Gasteiger charge is -2.08. The number of benzene rings is 2. The Morgan fingerprint density at radius 3 is 2.61 bits per heavy atom. The molecule has 0 bridgehead atoms. The second-order valence-electron chi connectivity index (χ2n) is 5.66. The summed E-state index contributed by atoms with van der Waals surface area (Å²) >= 11 is 0. The van der Waals surface area contributed by atoms with Crippen molar-refractivity contribution in [2.45, 2.75) is 6.42 Å². The maximum atomic E-state index is 12.1. The van der Waals surface area contributed by atoms with Gasteiger partial charge in [-0.25, -0.2) is 4.68 Å². The van der Waals surface area contributed by atoms with Crippen molar-refractivity contribution in [2.24, 2.45) is 0 Å². The van der Waals surface area contributed by atoms with E-state index in [0.29, 0.717) is 11.4 Å². The zero-order valence-corrected chi connectivity index (χ0v) is 14.5. The summed E-state index contributed by atoms with van der Waals surface area (Å²) in [5, 5.41) is 26.8. The topological polar surface area (TPSA) is 145 Å². The first-order valence-electron chi connectivity index (χ1n) is 8.19. The molecule has 2 aromatic carbocycles. The van der Waals surface area contributed by atoms with Crippen molar-refractivity contribution in [3.05, 3.63) is 70.5 Å². The van der Waals surface area contributed by atoms with Gasteiger partial charge in [0.1, 0.15) is 6.33 Å². The predicted octanol–water partition coefficient (Wildman–Crippen LogP) is 1.33. The number of amides is 2. The third-order valence-corrected chi connectivity index (χ3v) is 3.72. The molecule has 0 fully saturated rings.